The molecule has 0 spiro atoms. The average Bonchev–Trinajstić information content (AvgIpc) is 2.52. The first-order valence-corrected chi connectivity index (χ1v) is 7.93. The Morgan fingerprint density at radius 3 is 1.68 bits per heavy atom. The van der Waals surface area contributed by atoms with E-state index in [0.717, 1.165) is 32.1 Å². The second-order valence-corrected chi connectivity index (χ2v) is 4.91. The molecular formula is C14H31N5O3. The van der Waals surface area contributed by atoms with E-state index in [1.54, 1.807) is 7.11 Å². The number of carbonyl (C=O) groups is 2. The lowest BCUT2D eigenvalue weighted by atomic mass is 10.2. The molecule has 4 amide bonds. The number of rotatable bonds is 13. The summed E-state index contributed by atoms with van der Waals surface area (Å²) in [4.78, 5) is 22.6. The van der Waals surface area contributed by atoms with E-state index in [0.29, 0.717) is 39.3 Å². The van der Waals surface area contributed by atoms with Crippen molar-refractivity contribution in [2.45, 2.75) is 32.1 Å². The molecule has 0 rings (SSSR count). The highest BCUT2D eigenvalue weighted by molar-refractivity contribution is 5.74. The second-order valence-electron chi connectivity index (χ2n) is 4.91. The number of nitrogens with two attached hydrogens (primary N) is 1. The van der Waals surface area contributed by atoms with Crippen molar-refractivity contribution in [3.05, 3.63) is 0 Å². The van der Waals surface area contributed by atoms with Gasteiger partial charge >= 0.3 is 12.1 Å². The number of amides is 4. The van der Waals surface area contributed by atoms with Crippen molar-refractivity contribution in [1.29, 1.82) is 0 Å². The number of hydrogen-bond acceptors (Lipinski definition) is 4. The molecule has 0 aliphatic rings. The van der Waals surface area contributed by atoms with Gasteiger partial charge in [-0.15, -0.1) is 0 Å². The SMILES string of the molecule is COCCCNC(=O)NCCCCCCNC(=O)NCCN. The highest BCUT2D eigenvalue weighted by atomic mass is 16.5. The fraction of sp³-hybridized carbons (Fsp3) is 0.857. The first-order chi connectivity index (χ1) is 10.7. The number of nitrogens with one attached hydrogen (secondary N) is 4. The Balaban J connectivity index is 3.22. The van der Waals surface area contributed by atoms with E-state index in [1.165, 1.54) is 0 Å². The third-order valence-electron chi connectivity index (χ3n) is 2.92. The fourth-order valence-corrected chi connectivity index (χ4v) is 1.74. The monoisotopic (exact) mass is 317 g/mol. The van der Waals surface area contributed by atoms with Gasteiger partial charge in [0.25, 0.3) is 0 Å². The van der Waals surface area contributed by atoms with E-state index in [2.05, 4.69) is 21.3 Å². The molecule has 0 aliphatic heterocycles. The van der Waals surface area contributed by atoms with E-state index >= 15 is 0 Å². The molecule has 0 saturated heterocycles. The first kappa shape index (κ1) is 20.5. The Labute approximate surface area is 132 Å². The summed E-state index contributed by atoms with van der Waals surface area (Å²) in [7, 11) is 1.64. The summed E-state index contributed by atoms with van der Waals surface area (Å²) in [5, 5.41) is 11.0. The molecule has 8 nitrogen and oxygen atoms in total. The molecule has 0 fully saturated rings. The Kier molecular flexibility index (Phi) is 14.7. The Morgan fingerprint density at radius 1 is 0.773 bits per heavy atom. The molecule has 0 unspecified atom stereocenters. The fourth-order valence-electron chi connectivity index (χ4n) is 1.74. The molecule has 0 bridgehead atoms. The van der Waals surface area contributed by atoms with Gasteiger partial charge in [-0.1, -0.05) is 12.8 Å². The Morgan fingerprint density at radius 2 is 1.23 bits per heavy atom. The Hall–Kier alpha value is -1.54. The lowest BCUT2D eigenvalue weighted by Crippen LogP contribution is -2.38. The zero-order valence-electron chi connectivity index (χ0n) is 13.6. The molecule has 0 aromatic rings. The molecule has 0 heterocycles. The van der Waals surface area contributed by atoms with Crippen LogP contribution in [0.3, 0.4) is 0 Å². The molecule has 0 aromatic carbocycles. The summed E-state index contributed by atoms with van der Waals surface area (Å²) < 4.78 is 4.90. The van der Waals surface area contributed by atoms with Crippen LogP contribution in [-0.4, -0.2) is 58.5 Å². The minimum atomic E-state index is -0.169. The maximum absolute atomic E-state index is 11.4. The topological polar surface area (TPSA) is 118 Å². The van der Waals surface area contributed by atoms with Gasteiger partial charge in [0.05, 0.1) is 0 Å². The van der Waals surface area contributed by atoms with Gasteiger partial charge < -0.3 is 31.7 Å². The Bertz CT molecular complexity index is 290. The standard InChI is InChI=1S/C14H31N5O3/c1-22-12-6-10-18-13(20)16-8-4-2-3-5-9-17-14(21)19-11-7-15/h2-12,15H2,1H3,(H2,16,18,20)(H2,17,19,21). The lowest BCUT2D eigenvalue weighted by Gasteiger charge is -2.08. The quantitative estimate of drug-likeness (QED) is 0.311. The zero-order chi connectivity index (χ0) is 16.5. The van der Waals surface area contributed by atoms with Gasteiger partial charge in [0.2, 0.25) is 0 Å². The van der Waals surface area contributed by atoms with Crippen LogP contribution in [0.15, 0.2) is 0 Å². The van der Waals surface area contributed by atoms with Crippen molar-refractivity contribution in [2.24, 2.45) is 5.73 Å². The van der Waals surface area contributed by atoms with Crippen LogP contribution < -0.4 is 27.0 Å². The summed E-state index contributed by atoms with van der Waals surface area (Å²) in [5.74, 6) is 0. The summed E-state index contributed by atoms with van der Waals surface area (Å²) in [6.45, 7) is 3.53. The molecule has 130 valence electrons. The van der Waals surface area contributed by atoms with E-state index in [-0.39, 0.29) is 12.1 Å². The van der Waals surface area contributed by atoms with Gasteiger partial charge in [0, 0.05) is 46.4 Å². The van der Waals surface area contributed by atoms with Crippen LogP contribution >= 0.6 is 0 Å². The maximum Gasteiger partial charge on any atom is 0.314 e. The molecule has 8 heteroatoms. The van der Waals surface area contributed by atoms with Crippen LogP contribution in [-0.2, 0) is 4.74 Å². The van der Waals surface area contributed by atoms with Gasteiger partial charge in [0.1, 0.15) is 0 Å². The number of methoxy groups -OCH3 is 1. The third kappa shape index (κ3) is 14.9. The summed E-state index contributed by atoms with van der Waals surface area (Å²) in [5.41, 5.74) is 5.28. The van der Waals surface area contributed by atoms with E-state index in [9.17, 15) is 9.59 Å². The highest BCUT2D eigenvalue weighted by Gasteiger charge is 1.99. The molecule has 0 aliphatic carbocycles. The van der Waals surface area contributed by atoms with Crippen LogP contribution in [0, 0.1) is 0 Å². The van der Waals surface area contributed by atoms with Gasteiger partial charge in [-0.25, -0.2) is 9.59 Å². The molecule has 0 radical (unpaired) electrons. The second kappa shape index (κ2) is 15.8. The van der Waals surface area contributed by atoms with Crippen LogP contribution in [0.25, 0.3) is 0 Å². The van der Waals surface area contributed by atoms with Gasteiger partial charge in [-0.2, -0.15) is 0 Å². The number of urea groups is 2. The number of hydrogen-bond donors (Lipinski definition) is 5. The zero-order valence-corrected chi connectivity index (χ0v) is 13.6. The minimum absolute atomic E-state index is 0.130. The van der Waals surface area contributed by atoms with Crippen molar-refractivity contribution in [2.75, 3.05) is 46.4 Å². The maximum atomic E-state index is 11.4. The van der Waals surface area contributed by atoms with Crippen LogP contribution in [0.4, 0.5) is 9.59 Å². The molecule has 0 aromatic heterocycles. The predicted octanol–water partition coefficient (Wildman–Crippen LogP) is 0.140. The van der Waals surface area contributed by atoms with Crippen molar-refractivity contribution in [1.82, 2.24) is 21.3 Å². The van der Waals surface area contributed by atoms with Crippen molar-refractivity contribution in [3.8, 4) is 0 Å². The molecule has 22 heavy (non-hydrogen) atoms. The minimum Gasteiger partial charge on any atom is -0.385 e. The first-order valence-electron chi connectivity index (χ1n) is 7.93. The largest absolute Gasteiger partial charge is 0.385 e. The van der Waals surface area contributed by atoms with E-state index < -0.39 is 0 Å². The average molecular weight is 317 g/mol. The van der Waals surface area contributed by atoms with E-state index in [1.807, 2.05) is 0 Å². The van der Waals surface area contributed by atoms with Crippen LogP contribution in [0.2, 0.25) is 0 Å². The highest BCUT2D eigenvalue weighted by Crippen LogP contribution is 1.97. The van der Waals surface area contributed by atoms with Crippen molar-refractivity contribution < 1.29 is 14.3 Å². The van der Waals surface area contributed by atoms with Gasteiger partial charge in [-0.3, -0.25) is 0 Å². The third-order valence-corrected chi connectivity index (χ3v) is 2.92. The summed E-state index contributed by atoms with van der Waals surface area (Å²) >= 11 is 0. The number of ether oxygens (including phenoxy) is 1. The summed E-state index contributed by atoms with van der Waals surface area (Å²) in [6.07, 6.45) is 4.73. The lowest BCUT2D eigenvalue weighted by molar-refractivity contribution is 0.193. The number of unbranched alkanes of at least 4 members (excludes halogenated alkanes) is 3. The van der Waals surface area contributed by atoms with E-state index in [4.69, 9.17) is 10.5 Å². The molecule has 0 saturated carbocycles. The molecule has 6 N–H and O–H groups in total. The normalized spacial score (nSPS) is 10.1. The van der Waals surface area contributed by atoms with Crippen molar-refractivity contribution in [3.63, 3.8) is 0 Å². The number of carbonyl (C=O) groups excluding carboxylic acids is 2. The predicted molar refractivity (Wildman–Crippen MR) is 86.8 cm³/mol. The molecular weight excluding hydrogens is 286 g/mol. The van der Waals surface area contributed by atoms with Crippen LogP contribution in [0.1, 0.15) is 32.1 Å². The van der Waals surface area contributed by atoms with Gasteiger partial charge in [-0.05, 0) is 19.3 Å². The van der Waals surface area contributed by atoms with Crippen LogP contribution in [0.5, 0.6) is 0 Å². The smallest absolute Gasteiger partial charge is 0.314 e. The van der Waals surface area contributed by atoms with Crippen molar-refractivity contribution >= 4 is 12.1 Å². The van der Waals surface area contributed by atoms with Gasteiger partial charge in [0.15, 0.2) is 0 Å². The summed E-state index contributed by atoms with van der Waals surface area (Å²) in [6, 6.07) is -0.299. The molecule has 0 atom stereocenters.